The average Bonchev–Trinajstić information content (AvgIpc) is 2.25. The van der Waals surface area contributed by atoms with E-state index in [1.54, 1.807) is 6.92 Å². The number of carbonyl (C=O) groups is 1. The number of carboxylic acid groups (broad SMARTS) is 1. The van der Waals surface area contributed by atoms with Gasteiger partial charge in [-0.3, -0.25) is 4.79 Å². The van der Waals surface area contributed by atoms with Gasteiger partial charge >= 0.3 is 12.1 Å². The van der Waals surface area contributed by atoms with E-state index in [1.807, 2.05) is 0 Å². The van der Waals surface area contributed by atoms with Gasteiger partial charge in [0, 0.05) is 13.0 Å². The molecule has 20 heavy (non-hydrogen) atoms. The van der Waals surface area contributed by atoms with Gasteiger partial charge in [-0.15, -0.1) is 0 Å². The molecule has 2 unspecified atom stereocenters. The van der Waals surface area contributed by atoms with Crippen molar-refractivity contribution < 1.29 is 31.5 Å². The van der Waals surface area contributed by atoms with Crippen LogP contribution in [-0.4, -0.2) is 48.3 Å². The Kier molecular flexibility index (Phi) is 5.42. The summed E-state index contributed by atoms with van der Waals surface area (Å²) in [7, 11) is -3.98. The van der Waals surface area contributed by atoms with Gasteiger partial charge in [-0.1, -0.05) is 6.92 Å². The minimum atomic E-state index is -4.41. The van der Waals surface area contributed by atoms with Crippen LogP contribution >= 0.6 is 0 Å². The molecule has 1 N–H and O–H groups in total. The highest BCUT2D eigenvalue weighted by atomic mass is 32.2. The van der Waals surface area contributed by atoms with Gasteiger partial charge in [0.05, 0.1) is 5.75 Å². The topological polar surface area (TPSA) is 74.7 Å². The number of sulfonamides is 1. The number of halogens is 3. The fraction of sp³-hybridized carbons (Fsp3) is 0.909. The Balaban J connectivity index is 2.76. The van der Waals surface area contributed by atoms with Crippen LogP contribution in [0.1, 0.15) is 32.6 Å². The molecule has 1 rings (SSSR count). The molecular weight excluding hydrogens is 299 g/mol. The van der Waals surface area contributed by atoms with Gasteiger partial charge in [-0.2, -0.15) is 17.5 Å². The minimum absolute atomic E-state index is 0.0512. The van der Waals surface area contributed by atoms with Gasteiger partial charge in [-0.25, -0.2) is 8.42 Å². The second kappa shape index (κ2) is 6.30. The van der Waals surface area contributed by atoms with E-state index in [9.17, 15) is 26.4 Å². The van der Waals surface area contributed by atoms with Crippen molar-refractivity contribution in [3.8, 4) is 0 Å². The van der Waals surface area contributed by atoms with Crippen molar-refractivity contribution in [2.45, 2.75) is 44.8 Å². The van der Waals surface area contributed by atoms with Crippen molar-refractivity contribution in [3.63, 3.8) is 0 Å². The molecule has 0 aliphatic carbocycles. The molecule has 1 aliphatic heterocycles. The highest BCUT2D eigenvalue weighted by Crippen LogP contribution is 2.28. The van der Waals surface area contributed by atoms with Crippen LogP contribution in [0.15, 0.2) is 0 Å². The van der Waals surface area contributed by atoms with E-state index in [1.165, 1.54) is 0 Å². The zero-order valence-corrected chi connectivity index (χ0v) is 11.9. The van der Waals surface area contributed by atoms with Crippen molar-refractivity contribution in [1.82, 2.24) is 4.31 Å². The summed E-state index contributed by atoms with van der Waals surface area (Å²) < 4.78 is 61.0. The lowest BCUT2D eigenvalue weighted by Gasteiger charge is -2.36. The predicted molar refractivity (Wildman–Crippen MR) is 65.6 cm³/mol. The van der Waals surface area contributed by atoms with E-state index in [2.05, 4.69) is 0 Å². The van der Waals surface area contributed by atoms with E-state index in [4.69, 9.17) is 5.11 Å². The molecule has 0 saturated carbocycles. The van der Waals surface area contributed by atoms with Crippen molar-refractivity contribution >= 4 is 16.0 Å². The van der Waals surface area contributed by atoms with Gasteiger partial charge in [0.1, 0.15) is 6.04 Å². The molecule has 1 saturated heterocycles. The Hall–Kier alpha value is -0.830. The van der Waals surface area contributed by atoms with Gasteiger partial charge in [0.2, 0.25) is 10.0 Å². The molecule has 1 fully saturated rings. The first-order chi connectivity index (χ1) is 9.04. The summed E-state index contributed by atoms with van der Waals surface area (Å²) in [5.41, 5.74) is 0. The maximum absolute atomic E-state index is 12.0. The molecule has 1 heterocycles. The van der Waals surface area contributed by atoms with Gasteiger partial charge in [0.25, 0.3) is 0 Å². The second-order valence-corrected chi connectivity index (χ2v) is 7.09. The number of aliphatic carboxylic acids is 1. The molecule has 0 aromatic carbocycles. The van der Waals surface area contributed by atoms with Crippen LogP contribution in [0.4, 0.5) is 13.2 Å². The highest BCUT2D eigenvalue weighted by Gasteiger charge is 2.41. The van der Waals surface area contributed by atoms with E-state index >= 15 is 0 Å². The molecule has 0 spiro atoms. The third kappa shape index (κ3) is 4.62. The molecule has 9 heteroatoms. The van der Waals surface area contributed by atoms with Crippen LogP contribution in [0.3, 0.4) is 0 Å². The average molecular weight is 317 g/mol. The zero-order chi connectivity index (χ0) is 15.6. The summed E-state index contributed by atoms with van der Waals surface area (Å²) in [6, 6.07) is -1.18. The van der Waals surface area contributed by atoms with E-state index < -0.39 is 46.8 Å². The number of carboxylic acids is 1. The van der Waals surface area contributed by atoms with Crippen LogP contribution in [-0.2, 0) is 14.8 Å². The van der Waals surface area contributed by atoms with E-state index in [0.29, 0.717) is 12.8 Å². The Morgan fingerprint density at radius 2 is 2.00 bits per heavy atom. The van der Waals surface area contributed by atoms with Crippen molar-refractivity contribution in [2.24, 2.45) is 5.92 Å². The Morgan fingerprint density at radius 1 is 1.40 bits per heavy atom. The van der Waals surface area contributed by atoms with Crippen LogP contribution < -0.4 is 0 Å². The molecule has 0 radical (unpaired) electrons. The number of piperidine rings is 1. The Bertz CT molecular complexity index is 449. The molecule has 0 bridgehead atoms. The molecule has 118 valence electrons. The second-order valence-electron chi connectivity index (χ2n) is 5.05. The first kappa shape index (κ1) is 17.2. The lowest BCUT2D eigenvalue weighted by molar-refractivity contribution is -0.144. The summed E-state index contributed by atoms with van der Waals surface area (Å²) in [6.07, 6.45) is -5.04. The molecule has 0 amide bonds. The van der Waals surface area contributed by atoms with Crippen LogP contribution in [0.25, 0.3) is 0 Å². The Labute approximate surface area is 115 Å². The molecule has 0 aromatic rings. The molecule has 5 nitrogen and oxygen atoms in total. The molecular formula is C11H18F3NO4S. The summed E-state index contributed by atoms with van der Waals surface area (Å²) in [5.74, 6) is -2.28. The number of hydrogen-bond donors (Lipinski definition) is 1. The lowest BCUT2D eigenvalue weighted by Crippen LogP contribution is -2.52. The fourth-order valence-electron chi connectivity index (χ4n) is 2.40. The Morgan fingerprint density at radius 3 is 2.50 bits per heavy atom. The number of rotatable bonds is 5. The highest BCUT2D eigenvalue weighted by molar-refractivity contribution is 7.89. The molecule has 2 atom stereocenters. The normalized spacial score (nSPS) is 25.6. The minimum Gasteiger partial charge on any atom is -0.480 e. The summed E-state index contributed by atoms with van der Waals surface area (Å²) in [5, 5.41) is 9.11. The van der Waals surface area contributed by atoms with Gasteiger partial charge in [-0.05, 0) is 25.2 Å². The van der Waals surface area contributed by atoms with Crippen molar-refractivity contribution in [3.05, 3.63) is 0 Å². The predicted octanol–water partition coefficient (Wildman–Crippen LogP) is 1.84. The third-order valence-electron chi connectivity index (χ3n) is 3.36. The fourth-order valence-corrected chi connectivity index (χ4v) is 4.20. The molecule has 0 aromatic heterocycles. The number of alkyl halides is 3. The standard InChI is InChI=1S/C11H18F3NO4S/c1-8-4-2-6-15(9(8)10(16)17)20(18,19)7-3-5-11(12,13)14/h8-9H,2-7H2,1H3,(H,16,17). The maximum Gasteiger partial charge on any atom is 0.389 e. The maximum atomic E-state index is 12.0. The van der Waals surface area contributed by atoms with Crippen LogP contribution in [0, 0.1) is 5.92 Å². The SMILES string of the molecule is CC1CCCN(S(=O)(=O)CCCC(F)(F)F)C1C(=O)O. The van der Waals surface area contributed by atoms with E-state index in [0.717, 1.165) is 4.31 Å². The zero-order valence-electron chi connectivity index (χ0n) is 11.1. The third-order valence-corrected chi connectivity index (χ3v) is 5.29. The quantitative estimate of drug-likeness (QED) is 0.839. The number of hydrogen-bond acceptors (Lipinski definition) is 3. The smallest absolute Gasteiger partial charge is 0.389 e. The molecule has 1 aliphatic rings. The van der Waals surface area contributed by atoms with E-state index in [-0.39, 0.29) is 12.5 Å². The van der Waals surface area contributed by atoms with Gasteiger partial charge < -0.3 is 5.11 Å². The van der Waals surface area contributed by atoms with Crippen molar-refractivity contribution in [1.29, 1.82) is 0 Å². The summed E-state index contributed by atoms with van der Waals surface area (Å²) >= 11 is 0. The number of nitrogens with zero attached hydrogens (tertiary/aromatic N) is 1. The van der Waals surface area contributed by atoms with Crippen LogP contribution in [0.2, 0.25) is 0 Å². The monoisotopic (exact) mass is 317 g/mol. The summed E-state index contributed by atoms with van der Waals surface area (Å²) in [6.45, 7) is 1.69. The van der Waals surface area contributed by atoms with Crippen molar-refractivity contribution in [2.75, 3.05) is 12.3 Å². The first-order valence-corrected chi connectivity index (χ1v) is 7.94. The largest absolute Gasteiger partial charge is 0.480 e. The lowest BCUT2D eigenvalue weighted by atomic mass is 9.93. The van der Waals surface area contributed by atoms with Crippen LogP contribution in [0.5, 0.6) is 0 Å². The summed E-state index contributed by atoms with van der Waals surface area (Å²) in [4.78, 5) is 11.2. The first-order valence-electron chi connectivity index (χ1n) is 6.33. The van der Waals surface area contributed by atoms with Gasteiger partial charge in [0.15, 0.2) is 0 Å².